The molecule has 0 fully saturated rings. The van der Waals surface area contributed by atoms with Crippen molar-refractivity contribution in [3.8, 4) is 22.8 Å². The Kier molecular flexibility index (Phi) is 9.93. The van der Waals surface area contributed by atoms with Gasteiger partial charge in [0.1, 0.15) is 12.4 Å². The molecule has 1 N–H and O–H groups in total. The first-order valence-electron chi connectivity index (χ1n) is 11.6. The third-order valence-corrected chi connectivity index (χ3v) is 5.83. The number of hydrogen-bond acceptors (Lipinski definition) is 7. The van der Waals surface area contributed by atoms with Crippen LogP contribution in [0.1, 0.15) is 35.6 Å². The number of aryl methyl sites for hydroxylation is 1. The Morgan fingerprint density at radius 3 is 2.54 bits per heavy atom. The quantitative estimate of drug-likeness (QED) is 0.299. The second kappa shape index (κ2) is 12.9. The van der Waals surface area contributed by atoms with Crippen molar-refractivity contribution in [3.05, 3.63) is 98.0 Å². The molecule has 4 aromatic rings. The molecule has 0 radical (unpaired) electrons. The van der Waals surface area contributed by atoms with Crippen molar-refractivity contribution in [3.63, 3.8) is 0 Å². The number of aliphatic hydroxyl groups is 1. The van der Waals surface area contributed by atoms with E-state index in [0.29, 0.717) is 31.1 Å². The van der Waals surface area contributed by atoms with Crippen LogP contribution >= 0.6 is 0 Å². The molecule has 0 spiro atoms. The Labute approximate surface area is 236 Å². The minimum Gasteiger partial charge on any atom is -0.493 e. The molecule has 10 heteroatoms. The molecule has 4 rings (SSSR count). The van der Waals surface area contributed by atoms with E-state index in [1.807, 2.05) is 24.3 Å². The summed E-state index contributed by atoms with van der Waals surface area (Å²) in [6.07, 6.45) is 1.76. The minimum absolute atomic E-state index is 0. The van der Waals surface area contributed by atoms with E-state index in [2.05, 4.69) is 35.9 Å². The van der Waals surface area contributed by atoms with Gasteiger partial charge in [0.2, 0.25) is 5.88 Å². The van der Waals surface area contributed by atoms with Gasteiger partial charge in [-0.1, -0.05) is 30.3 Å². The minimum atomic E-state index is -0.919. The van der Waals surface area contributed by atoms with Crippen molar-refractivity contribution >= 4 is 0 Å². The first-order valence-corrected chi connectivity index (χ1v) is 11.6. The maximum atomic E-state index is 11.5. The molecule has 2 heterocycles. The van der Waals surface area contributed by atoms with Crippen LogP contribution in [0.4, 0.5) is 0 Å². The number of aromatic nitrogens is 3. The van der Waals surface area contributed by atoms with Crippen LogP contribution in [0.15, 0.2) is 68.8 Å². The summed E-state index contributed by atoms with van der Waals surface area (Å²) in [6.45, 7) is 6.74. The van der Waals surface area contributed by atoms with Crippen LogP contribution < -0.4 is 55.5 Å². The van der Waals surface area contributed by atoms with Gasteiger partial charge >= 0.3 is 35.3 Å². The van der Waals surface area contributed by atoms with Crippen LogP contribution in [0, 0.1) is 13.8 Å². The van der Waals surface area contributed by atoms with Gasteiger partial charge in [0.15, 0.2) is 5.69 Å². The average Bonchev–Trinajstić information content (AvgIpc) is 3.16. The molecule has 0 amide bonds. The Bertz CT molecular complexity index is 1440. The summed E-state index contributed by atoms with van der Waals surface area (Å²) >= 11 is 0. The molecule has 0 bridgehead atoms. The summed E-state index contributed by atoms with van der Waals surface area (Å²) in [7, 11) is 0. The number of nitrogens with zero attached hydrogens (tertiary/aromatic N) is 3. The summed E-state index contributed by atoms with van der Waals surface area (Å²) in [4.78, 5) is 30.1. The maximum Gasteiger partial charge on any atom is 1.00 e. The fourth-order valence-corrected chi connectivity index (χ4v) is 3.80. The van der Waals surface area contributed by atoms with Gasteiger partial charge in [-0.2, -0.15) is 0 Å². The molecule has 0 aliphatic carbocycles. The van der Waals surface area contributed by atoms with Crippen molar-refractivity contribution in [1.29, 1.82) is 0 Å². The predicted molar refractivity (Wildman–Crippen MR) is 133 cm³/mol. The van der Waals surface area contributed by atoms with E-state index >= 15 is 0 Å². The zero-order valence-electron chi connectivity index (χ0n) is 21.4. The fraction of sp³-hybridized carbons (Fsp3) is 0.296. The Balaban J connectivity index is 0.00000380. The largest absolute Gasteiger partial charge is 1.00 e. The second-order valence-corrected chi connectivity index (χ2v) is 8.63. The van der Waals surface area contributed by atoms with Crippen LogP contribution in [0.5, 0.6) is 11.6 Å². The molecule has 0 aliphatic rings. The first-order chi connectivity index (χ1) is 17.3. The molecule has 0 saturated heterocycles. The normalized spacial score (nSPS) is 11.6. The molecule has 0 aliphatic heterocycles. The third-order valence-electron chi connectivity index (χ3n) is 5.83. The monoisotopic (exact) mass is 513 g/mol. The van der Waals surface area contributed by atoms with Gasteiger partial charge < -0.3 is 24.1 Å². The van der Waals surface area contributed by atoms with Crippen LogP contribution in [-0.2, 0) is 13.2 Å². The molecule has 2 aromatic heterocycles. The van der Waals surface area contributed by atoms with Crippen molar-refractivity contribution < 1.29 is 48.7 Å². The Hall–Kier alpha value is -3.11. The van der Waals surface area contributed by atoms with Crippen LogP contribution in [0.2, 0.25) is 0 Å². The molecule has 37 heavy (non-hydrogen) atoms. The molecule has 2 aromatic carbocycles. The number of aliphatic hydroxyl groups excluding tert-OH is 1. The van der Waals surface area contributed by atoms with E-state index in [4.69, 9.17) is 14.0 Å². The van der Waals surface area contributed by atoms with Crippen molar-refractivity contribution in [2.45, 2.75) is 46.4 Å². The second-order valence-electron chi connectivity index (χ2n) is 8.63. The zero-order chi connectivity index (χ0) is 25.7. The summed E-state index contributed by atoms with van der Waals surface area (Å²) in [5.41, 5.74) is 5.41. The van der Waals surface area contributed by atoms with Crippen molar-refractivity contribution in [2.24, 2.45) is 0 Å². The zero-order valence-corrected chi connectivity index (χ0v) is 23.4. The van der Waals surface area contributed by atoms with Gasteiger partial charge in [-0.3, -0.25) is 9.53 Å². The van der Waals surface area contributed by atoms with Crippen molar-refractivity contribution in [1.82, 2.24) is 14.7 Å². The number of benzene rings is 2. The molecule has 0 unspecified atom stereocenters. The summed E-state index contributed by atoms with van der Waals surface area (Å²) in [6, 6.07) is 15.6. The van der Waals surface area contributed by atoms with Gasteiger partial charge in [0, 0.05) is 25.2 Å². The van der Waals surface area contributed by atoms with Gasteiger partial charge in [0.25, 0.3) is 0 Å². The van der Waals surface area contributed by atoms with E-state index in [0.717, 1.165) is 38.3 Å². The van der Waals surface area contributed by atoms with Gasteiger partial charge in [-0.15, -0.1) is 0 Å². The van der Waals surface area contributed by atoms with Gasteiger partial charge in [0.05, 0.1) is 12.7 Å². The number of hydrogen-bond donors (Lipinski definition) is 1. The number of pyridine rings is 1. The van der Waals surface area contributed by atoms with Crippen molar-refractivity contribution in [2.75, 3.05) is 6.61 Å². The Morgan fingerprint density at radius 1 is 1.08 bits per heavy atom. The summed E-state index contributed by atoms with van der Waals surface area (Å²) < 4.78 is 17.3. The van der Waals surface area contributed by atoms with Crippen LogP contribution in [0.25, 0.3) is 11.1 Å². The number of rotatable bonds is 10. The molecular formula is C27H28N3NaO6. The van der Waals surface area contributed by atoms with E-state index in [1.165, 1.54) is 0 Å². The van der Waals surface area contributed by atoms with Crippen LogP contribution in [-0.4, -0.2) is 27.5 Å². The average molecular weight is 514 g/mol. The third kappa shape index (κ3) is 7.45. The molecule has 9 nitrogen and oxygen atoms in total. The smallest absolute Gasteiger partial charge is 0.493 e. The van der Waals surface area contributed by atoms with E-state index in [-0.39, 0.29) is 42.2 Å². The van der Waals surface area contributed by atoms with Gasteiger partial charge in [-0.25, -0.2) is 9.78 Å². The topological polar surface area (TPSA) is 118 Å². The SMILES string of the molecule is Cc1cc(OCC[C@H](C)O)ccc1-c1cccc(COc2ccc(Cn3oc(=O)[n-]c3=O)cn2)c1C.[Na+]. The summed E-state index contributed by atoms with van der Waals surface area (Å²) in [5, 5.41) is 9.41. The molecular weight excluding hydrogens is 485 g/mol. The number of ether oxygens (including phenoxy) is 2. The van der Waals surface area contributed by atoms with Crippen LogP contribution in [0.3, 0.4) is 0 Å². The predicted octanol–water partition coefficient (Wildman–Crippen LogP) is 0.219. The standard InChI is InChI=1S/C27H29N3O6.Na/c1-17-13-22(34-12-11-18(2)31)8-9-23(17)24-6-4-5-21(19(24)3)16-35-25-10-7-20(14-28-25)15-30-26(32)29-27(33)36-30;/h4-10,13-14,18,31H,11-12,15-16H2,1-3H3,(H,29,32,33);/q;+1/p-1/t18-;/m0./s1. The van der Waals surface area contributed by atoms with Gasteiger partial charge in [-0.05, 0) is 66.3 Å². The fourth-order valence-electron chi connectivity index (χ4n) is 3.80. The van der Waals surface area contributed by atoms with E-state index in [1.54, 1.807) is 25.3 Å². The first kappa shape index (κ1) is 28.5. The van der Waals surface area contributed by atoms with E-state index in [9.17, 15) is 14.7 Å². The molecule has 188 valence electrons. The molecule has 0 saturated carbocycles. The van der Waals surface area contributed by atoms with E-state index < -0.39 is 11.4 Å². The maximum absolute atomic E-state index is 11.5. The Morgan fingerprint density at radius 2 is 1.89 bits per heavy atom. The summed E-state index contributed by atoms with van der Waals surface area (Å²) in [5.74, 6) is 0.302. The molecule has 1 atom stereocenters.